The van der Waals surface area contributed by atoms with Gasteiger partial charge in [0.1, 0.15) is 5.58 Å². The van der Waals surface area contributed by atoms with Crippen molar-refractivity contribution < 1.29 is 9.21 Å². The number of thiophene rings is 1. The molecule has 0 bridgehead atoms. The zero-order chi connectivity index (χ0) is 17.2. The van der Waals surface area contributed by atoms with Gasteiger partial charge in [0.25, 0.3) is 5.91 Å². The van der Waals surface area contributed by atoms with Crippen LogP contribution in [0.25, 0.3) is 11.0 Å². The molecule has 3 aromatic rings. The molecule has 0 aliphatic carbocycles. The number of amides is 1. The number of hydrogen-bond donors (Lipinski definition) is 0. The van der Waals surface area contributed by atoms with Crippen LogP contribution >= 0.6 is 23.1 Å². The van der Waals surface area contributed by atoms with Crippen molar-refractivity contribution >= 4 is 40.0 Å². The molecule has 128 valence electrons. The van der Waals surface area contributed by atoms with E-state index in [1.807, 2.05) is 11.8 Å². The minimum Gasteiger partial charge on any atom is -0.451 e. The maximum Gasteiger partial charge on any atom is 0.289 e. The summed E-state index contributed by atoms with van der Waals surface area (Å²) >= 11 is 3.65. The van der Waals surface area contributed by atoms with Crippen LogP contribution in [0.1, 0.15) is 27.1 Å². The molecule has 1 saturated heterocycles. The van der Waals surface area contributed by atoms with Gasteiger partial charge in [-0.25, -0.2) is 0 Å². The molecule has 0 spiro atoms. The average molecular weight is 371 g/mol. The summed E-state index contributed by atoms with van der Waals surface area (Å²) in [5.74, 6) is 0.810. The predicted molar refractivity (Wildman–Crippen MR) is 103 cm³/mol. The molecule has 1 atom stereocenters. The van der Waals surface area contributed by atoms with E-state index in [0.717, 1.165) is 12.2 Å². The highest BCUT2D eigenvalue weighted by Gasteiger charge is 2.25. The SMILES string of the molecule is O=C(c1cc(=O)c2ccccc2o1)N1CCSC(c2cccs2)CC1. The van der Waals surface area contributed by atoms with Gasteiger partial charge >= 0.3 is 0 Å². The first-order valence-electron chi connectivity index (χ1n) is 8.19. The normalized spacial score (nSPS) is 18.2. The van der Waals surface area contributed by atoms with Gasteiger partial charge in [0, 0.05) is 35.0 Å². The van der Waals surface area contributed by atoms with Gasteiger partial charge in [-0.15, -0.1) is 11.3 Å². The number of hydrogen-bond acceptors (Lipinski definition) is 5. The van der Waals surface area contributed by atoms with E-state index in [1.54, 1.807) is 40.5 Å². The van der Waals surface area contributed by atoms with Gasteiger partial charge in [-0.2, -0.15) is 11.8 Å². The summed E-state index contributed by atoms with van der Waals surface area (Å²) in [6, 6.07) is 12.6. The van der Waals surface area contributed by atoms with E-state index >= 15 is 0 Å². The predicted octanol–water partition coefficient (Wildman–Crippen LogP) is 4.17. The first-order valence-corrected chi connectivity index (χ1v) is 10.1. The van der Waals surface area contributed by atoms with Gasteiger partial charge in [0.15, 0.2) is 11.2 Å². The molecule has 2 aromatic heterocycles. The van der Waals surface area contributed by atoms with Crippen LogP contribution in [0.5, 0.6) is 0 Å². The molecule has 4 rings (SSSR count). The molecule has 1 aromatic carbocycles. The van der Waals surface area contributed by atoms with E-state index < -0.39 is 0 Å². The summed E-state index contributed by atoms with van der Waals surface area (Å²) in [5, 5.41) is 3.03. The summed E-state index contributed by atoms with van der Waals surface area (Å²) in [4.78, 5) is 28.2. The lowest BCUT2D eigenvalue weighted by Crippen LogP contribution is -2.33. The van der Waals surface area contributed by atoms with E-state index in [1.165, 1.54) is 10.9 Å². The molecule has 1 aliphatic rings. The number of para-hydroxylation sites is 1. The molecule has 6 heteroatoms. The molecule has 1 unspecified atom stereocenters. The summed E-state index contributed by atoms with van der Waals surface area (Å²) in [6.45, 7) is 1.34. The van der Waals surface area contributed by atoms with Gasteiger partial charge < -0.3 is 9.32 Å². The van der Waals surface area contributed by atoms with E-state index in [4.69, 9.17) is 4.42 Å². The number of carbonyl (C=O) groups excluding carboxylic acids is 1. The molecule has 25 heavy (non-hydrogen) atoms. The molecule has 0 radical (unpaired) electrons. The molecule has 3 heterocycles. The number of nitrogens with zero attached hydrogens (tertiary/aromatic N) is 1. The van der Waals surface area contributed by atoms with E-state index in [9.17, 15) is 9.59 Å². The Labute approximate surface area is 153 Å². The summed E-state index contributed by atoms with van der Waals surface area (Å²) in [6.07, 6.45) is 0.911. The van der Waals surface area contributed by atoms with Crippen molar-refractivity contribution in [1.29, 1.82) is 0 Å². The smallest absolute Gasteiger partial charge is 0.289 e. The van der Waals surface area contributed by atoms with Gasteiger partial charge in [-0.3, -0.25) is 9.59 Å². The lowest BCUT2D eigenvalue weighted by atomic mass is 10.2. The third-order valence-corrected chi connectivity index (χ3v) is 6.78. The fourth-order valence-electron chi connectivity index (χ4n) is 3.04. The maximum absolute atomic E-state index is 12.8. The van der Waals surface area contributed by atoms with Gasteiger partial charge in [-0.05, 0) is 30.0 Å². The number of thioether (sulfide) groups is 1. The highest BCUT2D eigenvalue weighted by molar-refractivity contribution is 7.99. The number of benzene rings is 1. The third kappa shape index (κ3) is 3.37. The number of carbonyl (C=O) groups is 1. The van der Waals surface area contributed by atoms with Crippen molar-refractivity contribution in [2.75, 3.05) is 18.8 Å². The molecular weight excluding hydrogens is 354 g/mol. The van der Waals surface area contributed by atoms with Crippen molar-refractivity contribution in [2.24, 2.45) is 0 Å². The Morgan fingerprint density at radius 1 is 1.16 bits per heavy atom. The highest BCUT2D eigenvalue weighted by atomic mass is 32.2. The first-order chi connectivity index (χ1) is 12.2. The topological polar surface area (TPSA) is 50.5 Å². The van der Waals surface area contributed by atoms with Crippen LogP contribution in [-0.4, -0.2) is 29.6 Å². The molecule has 1 amide bonds. The second kappa shape index (κ2) is 7.06. The fourth-order valence-corrected chi connectivity index (χ4v) is 5.28. The van der Waals surface area contributed by atoms with Crippen LogP contribution in [0.15, 0.2) is 57.1 Å². The Hall–Kier alpha value is -2.05. The van der Waals surface area contributed by atoms with Gasteiger partial charge in [0.2, 0.25) is 0 Å². The average Bonchev–Trinajstić information content (AvgIpc) is 3.06. The molecule has 1 aliphatic heterocycles. The Balaban J connectivity index is 1.56. The van der Waals surface area contributed by atoms with Crippen LogP contribution in [0.4, 0.5) is 0 Å². The maximum atomic E-state index is 12.8. The van der Waals surface area contributed by atoms with Gasteiger partial charge in [-0.1, -0.05) is 18.2 Å². The molecule has 0 N–H and O–H groups in total. The van der Waals surface area contributed by atoms with E-state index in [0.29, 0.717) is 29.3 Å². The van der Waals surface area contributed by atoms with E-state index in [-0.39, 0.29) is 17.1 Å². The van der Waals surface area contributed by atoms with Crippen LogP contribution in [0, 0.1) is 0 Å². The van der Waals surface area contributed by atoms with Crippen LogP contribution < -0.4 is 5.43 Å². The van der Waals surface area contributed by atoms with Crippen molar-refractivity contribution in [3.63, 3.8) is 0 Å². The monoisotopic (exact) mass is 371 g/mol. The van der Waals surface area contributed by atoms with E-state index in [2.05, 4.69) is 17.5 Å². The lowest BCUT2D eigenvalue weighted by molar-refractivity contribution is 0.0735. The Bertz CT molecular complexity index is 949. The zero-order valence-corrected chi connectivity index (χ0v) is 15.1. The minimum absolute atomic E-state index is 0.128. The standard InChI is InChI=1S/C19H17NO3S2/c21-14-12-16(23-15-5-2-1-4-13(14)15)19(22)20-8-7-18(25-11-9-20)17-6-3-10-24-17/h1-6,10,12,18H,7-9,11H2. The number of fused-ring (bicyclic) bond motifs is 1. The first kappa shape index (κ1) is 16.4. The second-order valence-electron chi connectivity index (χ2n) is 5.93. The second-order valence-corrected chi connectivity index (χ2v) is 8.22. The largest absolute Gasteiger partial charge is 0.451 e. The quantitative estimate of drug-likeness (QED) is 0.678. The van der Waals surface area contributed by atoms with Crippen LogP contribution in [0.2, 0.25) is 0 Å². The van der Waals surface area contributed by atoms with Crippen molar-refractivity contribution in [1.82, 2.24) is 4.90 Å². The van der Waals surface area contributed by atoms with Crippen molar-refractivity contribution in [3.8, 4) is 0 Å². The Morgan fingerprint density at radius 2 is 2.04 bits per heavy atom. The van der Waals surface area contributed by atoms with Crippen molar-refractivity contribution in [2.45, 2.75) is 11.7 Å². The molecule has 1 fully saturated rings. The lowest BCUT2D eigenvalue weighted by Gasteiger charge is -2.19. The Morgan fingerprint density at radius 3 is 2.88 bits per heavy atom. The minimum atomic E-state index is -0.199. The summed E-state index contributed by atoms with van der Waals surface area (Å²) in [7, 11) is 0. The summed E-state index contributed by atoms with van der Waals surface area (Å²) in [5.41, 5.74) is 0.282. The molecule has 4 nitrogen and oxygen atoms in total. The van der Waals surface area contributed by atoms with Gasteiger partial charge in [0.05, 0.1) is 5.39 Å². The summed E-state index contributed by atoms with van der Waals surface area (Å²) < 4.78 is 5.70. The molecular formula is C19H17NO3S2. The fraction of sp³-hybridized carbons (Fsp3) is 0.263. The van der Waals surface area contributed by atoms with Crippen molar-refractivity contribution in [3.05, 3.63) is 68.7 Å². The third-order valence-electron chi connectivity index (χ3n) is 4.33. The Kier molecular flexibility index (Phi) is 4.63. The highest BCUT2D eigenvalue weighted by Crippen LogP contribution is 2.36. The molecule has 0 saturated carbocycles. The van der Waals surface area contributed by atoms with Crippen LogP contribution in [-0.2, 0) is 0 Å². The van der Waals surface area contributed by atoms with Crippen LogP contribution in [0.3, 0.4) is 0 Å². The zero-order valence-electron chi connectivity index (χ0n) is 13.5. The number of rotatable bonds is 2.